The highest BCUT2D eigenvalue weighted by molar-refractivity contribution is 5.10. The second kappa shape index (κ2) is 3.92. The molecule has 0 amide bonds. The van der Waals surface area contributed by atoms with Gasteiger partial charge in [0.05, 0.1) is 11.6 Å². The molecule has 1 rings (SSSR count). The molecule has 1 atom stereocenters. The van der Waals surface area contributed by atoms with Crippen molar-refractivity contribution in [1.29, 1.82) is 0 Å². The number of ether oxygens (including phenoxy) is 1. The van der Waals surface area contributed by atoms with Crippen LogP contribution in [0.3, 0.4) is 0 Å². The van der Waals surface area contributed by atoms with Crippen LogP contribution in [0.2, 0.25) is 0 Å². The maximum absolute atomic E-state index is 5.92. The highest BCUT2D eigenvalue weighted by Crippen LogP contribution is 2.42. The van der Waals surface area contributed by atoms with Crippen LogP contribution in [0.25, 0.3) is 0 Å². The van der Waals surface area contributed by atoms with Crippen LogP contribution in [-0.4, -0.2) is 18.8 Å². The second-order valence-electron chi connectivity index (χ2n) is 5.08. The average molecular weight is 195 g/mol. The molecule has 1 fully saturated rings. The summed E-state index contributed by atoms with van der Waals surface area (Å²) in [6.45, 7) is 4.57. The van der Waals surface area contributed by atoms with Gasteiger partial charge < -0.3 is 10.5 Å². The lowest BCUT2D eigenvalue weighted by Crippen LogP contribution is -2.51. The zero-order valence-electron chi connectivity index (χ0n) is 9.47. The molecule has 1 aliphatic rings. The number of hydrogen-bond donors (Lipinski definition) is 1. The summed E-state index contributed by atoms with van der Waals surface area (Å²) in [5, 5.41) is 0. The van der Waals surface area contributed by atoms with Crippen molar-refractivity contribution in [2.24, 2.45) is 11.1 Å². The maximum Gasteiger partial charge on any atom is 0.0956 e. The van der Waals surface area contributed by atoms with Gasteiger partial charge in [-0.05, 0) is 31.1 Å². The Labute approximate surface area is 87.2 Å². The van der Waals surface area contributed by atoms with Gasteiger partial charge >= 0.3 is 0 Å². The fraction of sp³-hybridized carbons (Fsp3) is 0.833. The molecular formula is C12H21NO. The third-order valence-electron chi connectivity index (χ3n) is 3.60. The summed E-state index contributed by atoms with van der Waals surface area (Å²) >= 11 is 0. The van der Waals surface area contributed by atoms with Gasteiger partial charge in [-0.1, -0.05) is 19.8 Å². The number of methoxy groups -OCH3 is 1. The Morgan fingerprint density at radius 2 is 1.79 bits per heavy atom. The van der Waals surface area contributed by atoms with Crippen LogP contribution in [0.5, 0.6) is 0 Å². The van der Waals surface area contributed by atoms with Crippen molar-refractivity contribution in [2.75, 3.05) is 7.11 Å². The van der Waals surface area contributed by atoms with Gasteiger partial charge in [-0.25, -0.2) is 0 Å². The Kier molecular flexibility index (Phi) is 3.24. The zero-order valence-corrected chi connectivity index (χ0v) is 9.47. The van der Waals surface area contributed by atoms with Crippen molar-refractivity contribution in [3.63, 3.8) is 0 Å². The molecule has 1 saturated carbocycles. The van der Waals surface area contributed by atoms with Crippen molar-refractivity contribution in [2.45, 2.75) is 51.2 Å². The van der Waals surface area contributed by atoms with Crippen LogP contribution in [0.1, 0.15) is 39.5 Å². The molecule has 0 saturated heterocycles. The van der Waals surface area contributed by atoms with Crippen molar-refractivity contribution < 1.29 is 4.74 Å². The Hall–Kier alpha value is -0.520. The highest BCUT2D eigenvalue weighted by atomic mass is 16.5. The number of hydrogen-bond acceptors (Lipinski definition) is 2. The predicted octanol–water partition coefficient (Wildman–Crippen LogP) is 1.93. The van der Waals surface area contributed by atoms with Crippen molar-refractivity contribution >= 4 is 0 Å². The SMILES string of the molecule is C#CC(N)C1(OC)CCC(C)(C)CC1. The summed E-state index contributed by atoms with van der Waals surface area (Å²) in [5.41, 5.74) is 6.06. The molecule has 0 heterocycles. The largest absolute Gasteiger partial charge is 0.376 e. The minimum atomic E-state index is -0.274. The van der Waals surface area contributed by atoms with E-state index in [0.717, 1.165) is 25.7 Å². The van der Waals surface area contributed by atoms with Crippen LogP contribution in [0.4, 0.5) is 0 Å². The molecule has 0 aromatic heterocycles. The van der Waals surface area contributed by atoms with E-state index in [1.54, 1.807) is 7.11 Å². The predicted molar refractivity (Wildman–Crippen MR) is 58.8 cm³/mol. The van der Waals surface area contributed by atoms with E-state index in [9.17, 15) is 0 Å². The van der Waals surface area contributed by atoms with E-state index >= 15 is 0 Å². The molecule has 2 nitrogen and oxygen atoms in total. The lowest BCUT2D eigenvalue weighted by Gasteiger charge is -2.44. The van der Waals surface area contributed by atoms with Gasteiger partial charge in [0.15, 0.2) is 0 Å². The minimum absolute atomic E-state index is 0.274. The van der Waals surface area contributed by atoms with E-state index < -0.39 is 0 Å². The first-order valence-electron chi connectivity index (χ1n) is 5.23. The van der Waals surface area contributed by atoms with E-state index in [2.05, 4.69) is 19.8 Å². The van der Waals surface area contributed by atoms with Crippen molar-refractivity contribution in [1.82, 2.24) is 0 Å². The quantitative estimate of drug-likeness (QED) is 0.683. The van der Waals surface area contributed by atoms with Gasteiger partial charge in [0.1, 0.15) is 0 Å². The van der Waals surface area contributed by atoms with Gasteiger partial charge in [-0.2, -0.15) is 0 Å². The Balaban J connectivity index is 2.72. The van der Waals surface area contributed by atoms with Crippen LogP contribution in [0.15, 0.2) is 0 Å². The van der Waals surface area contributed by atoms with E-state index in [4.69, 9.17) is 16.9 Å². The van der Waals surface area contributed by atoms with Gasteiger partial charge in [-0.3, -0.25) is 0 Å². The normalized spacial score (nSPS) is 26.5. The molecule has 2 N–H and O–H groups in total. The lowest BCUT2D eigenvalue weighted by molar-refractivity contribution is -0.0671. The van der Waals surface area contributed by atoms with Gasteiger partial charge in [-0.15, -0.1) is 6.42 Å². The molecule has 1 unspecified atom stereocenters. The monoisotopic (exact) mass is 195 g/mol. The summed E-state index contributed by atoms with van der Waals surface area (Å²) in [7, 11) is 1.72. The molecule has 0 bridgehead atoms. The second-order valence-corrected chi connectivity index (χ2v) is 5.08. The van der Waals surface area contributed by atoms with E-state index in [1.165, 1.54) is 0 Å². The molecule has 0 aliphatic heterocycles. The fourth-order valence-electron chi connectivity index (χ4n) is 2.14. The van der Waals surface area contributed by atoms with Gasteiger partial charge in [0, 0.05) is 7.11 Å². The number of nitrogens with two attached hydrogens (primary N) is 1. The summed E-state index contributed by atoms with van der Waals surface area (Å²) in [5.74, 6) is 2.61. The van der Waals surface area contributed by atoms with Crippen LogP contribution >= 0.6 is 0 Å². The third-order valence-corrected chi connectivity index (χ3v) is 3.60. The molecule has 80 valence electrons. The number of terminal acetylenes is 1. The van der Waals surface area contributed by atoms with Gasteiger partial charge in [0.2, 0.25) is 0 Å². The summed E-state index contributed by atoms with van der Waals surface area (Å²) in [6, 6.07) is -0.274. The average Bonchev–Trinajstić information content (AvgIpc) is 2.18. The number of rotatable bonds is 2. The van der Waals surface area contributed by atoms with Crippen LogP contribution in [0, 0.1) is 17.8 Å². The highest BCUT2D eigenvalue weighted by Gasteiger charge is 2.42. The van der Waals surface area contributed by atoms with Crippen molar-refractivity contribution in [3.8, 4) is 12.3 Å². The lowest BCUT2D eigenvalue weighted by atomic mass is 9.68. The maximum atomic E-state index is 5.92. The Bertz CT molecular complexity index is 229. The van der Waals surface area contributed by atoms with Crippen LogP contribution in [-0.2, 0) is 4.74 Å². The van der Waals surface area contributed by atoms with Gasteiger partial charge in [0.25, 0.3) is 0 Å². The fourth-order valence-corrected chi connectivity index (χ4v) is 2.14. The first-order valence-corrected chi connectivity index (χ1v) is 5.23. The smallest absolute Gasteiger partial charge is 0.0956 e. The summed E-state index contributed by atoms with van der Waals surface area (Å²) < 4.78 is 5.56. The van der Waals surface area contributed by atoms with Crippen LogP contribution < -0.4 is 5.73 Å². The first-order chi connectivity index (χ1) is 6.46. The summed E-state index contributed by atoms with van der Waals surface area (Å²) in [6.07, 6.45) is 9.59. The summed E-state index contributed by atoms with van der Waals surface area (Å²) in [4.78, 5) is 0. The molecule has 0 aromatic carbocycles. The Morgan fingerprint density at radius 1 is 1.29 bits per heavy atom. The molecule has 2 heteroatoms. The molecule has 1 aliphatic carbocycles. The third kappa shape index (κ3) is 2.10. The standard InChI is InChI=1S/C12H21NO/c1-5-10(13)12(14-4)8-6-11(2,3)7-9-12/h1,10H,6-9,13H2,2-4H3. The molecule has 0 aromatic rings. The van der Waals surface area contributed by atoms with E-state index in [-0.39, 0.29) is 11.6 Å². The molecule has 0 radical (unpaired) electrons. The topological polar surface area (TPSA) is 35.2 Å². The van der Waals surface area contributed by atoms with E-state index in [0.29, 0.717) is 5.41 Å². The van der Waals surface area contributed by atoms with E-state index in [1.807, 2.05) is 0 Å². The van der Waals surface area contributed by atoms with Crippen molar-refractivity contribution in [3.05, 3.63) is 0 Å². The Morgan fingerprint density at radius 3 is 2.14 bits per heavy atom. The molecule has 0 spiro atoms. The first kappa shape index (κ1) is 11.6. The zero-order chi connectivity index (χ0) is 10.8. The molecule has 14 heavy (non-hydrogen) atoms. The minimum Gasteiger partial charge on any atom is -0.376 e. The molecular weight excluding hydrogens is 174 g/mol.